The van der Waals surface area contributed by atoms with Crippen LogP contribution in [0.3, 0.4) is 0 Å². The Morgan fingerprint density at radius 3 is 2.27 bits per heavy atom. The molecule has 4 rings (SSSR count). The van der Waals surface area contributed by atoms with Gasteiger partial charge in [0.25, 0.3) is 5.91 Å². The first-order valence-corrected chi connectivity index (χ1v) is 10.7. The molecule has 4 nitrogen and oxygen atoms in total. The van der Waals surface area contributed by atoms with Gasteiger partial charge in [-0.3, -0.25) is 9.59 Å². The lowest BCUT2D eigenvalue weighted by Crippen LogP contribution is -2.41. The van der Waals surface area contributed by atoms with Gasteiger partial charge in [-0.1, -0.05) is 77.5 Å². The Hall–Kier alpha value is -2.76. The van der Waals surface area contributed by atoms with Gasteiger partial charge in [-0.05, 0) is 35.7 Å². The standard InChI is InChI=1S/C25H22BrNO3/c1-2-17-7-11-19(12-8-17)23(28)15-25(30)21-5-3-4-6-22(21)27(24(25)29)16-18-9-13-20(26)14-10-18/h3-14,30H,2,15-16H2,1H3. The highest BCUT2D eigenvalue weighted by Gasteiger charge is 2.50. The lowest BCUT2D eigenvalue weighted by atomic mass is 9.88. The number of amides is 1. The predicted molar refractivity (Wildman–Crippen MR) is 120 cm³/mol. The summed E-state index contributed by atoms with van der Waals surface area (Å²) in [6.45, 7) is 2.37. The molecule has 0 aliphatic carbocycles. The van der Waals surface area contributed by atoms with Crippen molar-refractivity contribution in [3.8, 4) is 0 Å². The molecule has 0 saturated carbocycles. The molecule has 0 aromatic heterocycles. The summed E-state index contributed by atoms with van der Waals surface area (Å²) in [6, 6.07) is 22.2. The second-order valence-corrected chi connectivity index (χ2v) is 8.46. The van der Waals surface area contributed by atoms with Gasteiger partial charge in [-0.2, -0.15) is 0 Å². The van der Waals surface area contributed by atoms with E-state index in [2.05, 4.69) is 15.9 Å². The molecule has 0 bridgehead atoms. The third-order valence-electron chi connectivity index (χ3n) is 5.59. The van der Waals surface area contributed by atoms with Gasteiger partial charge >= 0.3 is 0 Å². The number of carbonyl (C=O) groups excluding carboxylic acids is 2. The molecule has 1 heterocycles. The van der Waals surface area contributed by atoms with E-state index in [1.54, 1.807) is 29.2 Å². The lowest BCUT2D eigenvalue weighted by molar-refractivity contribution is -0.136. The zero-order valence-corrected chi connectivity index (χ0v) is 18.2. The number of nitrogens with zero attached hydrogens (tertiary/aromatic N) is 1. The Bertz CT molecular complexity index is 1090. The maximum Gasteiger partial charge on any atom is 0.264 e. The molecular weight excluding hydrogens is 442 g/mol. The minimum absolute atomic E-state index is 0.256. The van der Waals surface area contributed by atoms with E-state index in [1.165, 1.54) is 0 Å². The zero-order chi connectivity index (χ0) is 21.3. The predicted octanol–water partition coefficient (Wildman–Crippen LogP) is 5.02. The average molecular weight is 464 g/mol. The molecule has 30 heavy (non-hydrogen) atoms. The molecule has 1 atom stereocenters. The van der Waals surface area contributed by atoms with Crippen LogP contribution in [-0.2, 0) is 23.4 Å². The van der Waals surface area contributed by atoms with E-state index in [0.717, 1.165) is 22.0 Å². The fourth-order valence-corrected chi connectivity index (χ4v) is 4.13. The van der Waals surface area contributed by atoms with Crippen LogP contribution in [0.4, 0.5) is 5.69 Å². The number of hydrogen-bond donors (Lipinski definition) is 1. The summed E-state index contributed by atoms with van der Waals surface area (Å²) in [6.07, 6.45) is 0.598. The zero-order valence-electron chi connectivity index (χ0n) is 16.6. The van der Waals surface area contributed by atoms with Gasteiger partial charge in [-0.25, -0.2) is 0 Å². The number of hydrogen-bond acceptors (Lipinski definition) is 3. The number of Topliss-reactive ketones (excluding diaryl/α,β-unsaturated/α-hetero) is 1. The van der Waals surface area contributed by atoms with Gasteiger partial charge < -0.3 is 10.0 Å². The van der Waals surface area contributed by atoms with E-state index in [4.69, 9.17) is 0 Å². The monoisotopic (exact) mass is 463 g/mol. The van der Waals surface area contributed by atoms with Crippen molar-refractivity contribution in [1.29, 1.82) is 0 Å². The number of carbonyl (C=O) groups is 2. The lowest BCUT2D eigenvalue weighted by Gasteiger charge is -2.23. The Balaban J connectivity index is 1.64. The third kappa shape index (κ3) is 3.71. The summed E-state index contributed by atoms with van der Waals surface area (Å²) in [5, 5.41) is 11.4. The summed E-state index contributed by atoms with van der Waals surface area (Å²) in [4.78, 5) is 27.8. The second kappa shape index (κ2) is 8.17. The van der Waals surface area contributed by atoms with Gasteiger partial charge in [0, 0.05) is 15.6 Å². The highest BCUT2D eigenvalue weighted by atomic mass is 79.9. The van der Waals surface area contributed by atoms with Crippen LogP contribution in [0, 0.1) is 0 Å². The molecule has 1 aliphatic rings. The molecule has 3 aromatic carbocycles. The number of aryl methyl sites for hydroxylation is 1. The van der Waals surface area contributed by atoms with Crippen molar-refractivity contribution >= 4 is 33.3 Å². The van der Waals surface area contributed by atoms with Gasteiger partial charge in [0.05, 0.1) is 18.7 Å². The van der Waals surface area contributed by atoms with Gasteiger partial charge in [-0.15, -0.1) is 0 Å². The van der Waals surface area contributed by atoms with E-state index >= 15 is 0 Å². The Kier molecular flexibility index (Phi) is 5.58. The summed E-state index contributed by atoms with van der Waals surface area (Å²) in [5.74, 6) is -0.723. The molecular formula is C25H22BrNO3. The highest BCUT2D eigenvalue weighted by Crippen LogP contribution is 2.43. The maximum atomic E-state index is 13.3. The summed E-state index contributed by atoms with van der Waals surface area (Å²) >= 11 is 3.41. The van der Waals surface area contributed by atoms with Crippen LogP contribution in [0.25, 0.3) is 0 Å². The molecule has 1 amide bonds. The number of fused-ring (bicyclic) bond motifs is 1. The fraction of sp³-hybridized carbons (Fsp3) is 0.200. The fourth-order valence-electron chi connectivity index (χ4n) is 3.87. The van der Waals surface area contributed by atoms with Crippen molar-refractivity contribution in [3.05, 3.63) is 99.5 Å². The molecule has 0 saturated heterocycles. The number of halogens is 1. The molecule has 152 valence electrons. The van der Waals surface area contributed by atoms with Crippen LogP contribution < -0.4 is 4.90 Å². The minimum Gasteiger partial charge on any atom is -0.375 e. The first kappa shape index (κ1) is 20.5. The smallest absolute Gasteiger partial charge is 0.264 e. The quantitative estimate of drug-likeness (QED) is 0.522. The van der Waals surface area contributed by atoms with Gasteiger partial charge in [0.15, 0.2) is 11.4 Å². The average Bonchev–Trinajstić information content (AvgIpc) is 2.97. The van der Waals surface area contributed by atoms with Crippen molar-refractivity contribution in [2.24, 2.45) is 0 Å². The molecule has 1 N–H and O–H groups in total. The second-order valence-electron chi connectivity index (χ2n) is 7.55. The van der Waals surface area contributed by atoms with Crippen molar-refractivity contribution in [1.82, 2.24) is 0 Å². The molecule has 1 unspecified atom stereocenters. The van der Waals surface area contributed by atoms with E-state index in [9.17, 15) is 14.7 Å². The summed E-state index contributed by atoms with van der Waals surface area (Å²) in [5.41, 5.74) is 1.82. The number of rotatable bonds is 6. The number of benzene rings is 3. The number of anilines is 1. The van der Waals surface area contributed by atoms with Crippen LogP contribution in [0.5, 0.6) is 0 Å². The molecule has 0 spiro atoms. The van der Waals surface area contributed by atoms with Crippen molar-refractivity contribution in [3.63, 3.8) is 0 Å². The number of aliphatic hydroxyl groups is 1. The first-order chi connectivity index (χ1) is 14.4. The van der Waals surface area contributed by atoms with Crippen LogP contribution in [-0.4, -0.2) is 16.8 Å². The van der Waals surface area contributed by atoms with Crippen LogP contribution >= 0.6 is 15.9 Å². The van der Waals surface area contributed by atoms with Crippen molar-refractivity contribution in [2.45, 2.75) is 31.9 Å². The largest absolute Gasteiger partial charge is 0.375 e. The third-order valence-corrected chi connectivity index (χ3v) is 6.12. The molecule has 0 radical (unpaired) electrons. The van der Waals surface area contributed by atoms with E-state index < -0.39 is 11.5 Å². The minimum atomic E-state index is -1.87. The number of ketones is 1. The first-order valence-electron chi connectivity index (χ1n) is 9.93. The molecule has 1 aliphatic heterocycles. The maximum absolute atomic E-state index is 13.3. The molecule has 0 fully saturated rings. The summed E-state index contributed by atoms with van der Waals surface area (Å²) in [7, 11) is 0. The highest BCUT2D eigenvalue weighted by molar-refractivity contribution is 9.10. The topological polar surface area (TPSA) is 57.6 Å². The Morgan fingerprint density at radius 2 is 1.60 bits per heavy atom. The van der Waals surface area contributed by atoms with E-state index in [-0.39, 0.29) is 12.2 Å². The van der Waals surface area contributed by atoms with Gasteiger partial charge in [0.1, 0.15) is 0 Å². The Labute approximate surface area is 184 Å². The normalized spacial score (nSPS) is 17.8. The van der Waals surface area contributed by atoms with Crippen molar-refractivity contribution in [2.75, 3.05) is 4.90 Å². The Morgan fingerprint density at radius 1 is 0.967 bits per heavy atom. The van der Waals surface area contributed by atoms with Crippen LogP contribution in [0.15, 0.2) is 77.3 Å². The van der Waals surface area contributed by atoms with E-state index in [1.807, 2.05) is 55.5 Å². The summed E-state index contributed by atoms with van der Waals surface area (Å²) < 4.78 is 0.954. The number of para-hydroxylation sites is 1. The van der Waals surface area contributed by atoms with Crippen molar-refractivity contribution < 1.29 is 14.7 Å². The molecule has 5 heteroatoms. The van der Waals surface area contributed by atoms with Crippen LogP contribution in [0.2, 0.25) is 0 Å². The SMILES string of the molecule is CCc1ccc(C(=O)CC2(O)C(=O)N(Cc3ccc(Br)cc3)c3ccccc32)cc1. The molecule has 3 aromatic rings. The van der Waals surface area contributed by atoms with Crippen LogP contribution in [0.1, 0.15) is 40.4 Å². The van der Waals surface area contributed by atoms with E-state index in [0.29, 0.717) is 23.4 Å². The van der Waals surface area contributed by atoms with Gasteiger partial charge in [0.2, 0.25) is 0 Å².